The molecule has 1 aromatic heterocycles. The summed E-state index contributed by atoms with van der Waals surface area (Å²) in [5.74, 6) is 7.65. The molecule has 0 radical (unpaired) electrons. The van der Waals surface area contributed by atoms with E-state index in [0.717, 1.165) is 18.3 Å². The van der Waals surface area contributed by atoms with Gasteiger partial charge in [0.1, 0.15) is 5.82 Å². The number of hydrogen-bond acceptors (Lipinski definition) is 3. The molecule has 2 saturated carbocycles. The normalized spacial score (nSPS) is 31.6. The lowest BCUT2D eigenvalue weighted by Gasteiger charge is -2.41. The van der Waals surface area contributed by atoms with Gasteiger partial charge in [-0.15, -0.1) is 0 Å². The molecule has 20 heavy (non-hydrogen) atoms. The number of halogens is 1. The Morgan fingerprint density at radius 3 is 2.75 bits per heavy atom. The molecule has 4 heteroatoms. The van der Waals surface area contributed by atoms with Gasteiger partial charge < -0.3 is 0 Å². The average Bonchev–Trinajstić information content (AvgIpc) is 2.50. The fourth-order valence-electron chi connectivity index (χ4n) is 4.33. The van der Waals surface area contributed by atoms with Crippen LogP contribution in [-0.2, 0) is 0 Å². The molecule has 3 nitrogen and oxygen atoms in total. The first kappa shape index (κ1) is 14.0. The maximum atomic E-state index is 14.0. The molecule has 0 bridgehead atoms. The molecular weight excluding hydrogens is 253 g/mol. The third-order valence-corrected chi connectivity index (χ3v) is 5.37. The molecule has 3 rings (SSSR count). The van der Waals surface area contributed by atoms with E-state index in [2.05, 4.69) is 10.4 Å². The van der Waals surface area contributed by atoms with Crippen LogP contribution < -0.4 is 11.3 Å². The van der Waals surface area contributed by atoms with Gasteiger partial charge in [0.2, 0.25) is 0 Å². The van der Waals surface area contributed by atoms with Crippen LogP contribution in [0.3, 0.4) is 0 Å². The zero-order valence-electron chi connectivity index (χ0n) is 11.9. The van der Waals surface area contributed by atoms with Crippen LogP contribution in [0, 0.1) is 23.6 Å². The average molecular weight is 277 g/mol. The first-order valence-electron chi connectivity index (χ1n) is 7.85. The summed E-state index contributed by atoms with van der Waals surface area (Å²) in [7, 11) is 0. The lowest BCUT2D eigenvalue weighted by Crippen LogP contribution is -2.38. The van der Waals surface area contributed by atoms with Gasteiger partial charge in [0, 0.05) is 11.8 Å². The Balaban J connectivity index is 1.75. The van der Waals surface area contributed by atoms with E-state index >= 15 is 0 Å². The first-order chi connectivity index (χ1) is 9.79. The van der Waals surface area contributed by atoms with Crippen molar-refractivity contribution < 1.29 is 4.39 Å². The number of aromatic nitrogens is 1. The molecular formula is C16H24FN3. The van der Waals surface area contributed by atoms with Crippen molar-refractivity contribution in [1.82, 2.24) is 10.4 Å². The molecule has 0 aliphatic heterocycles. The van der Waals surface area contributed by atoms with E-state index in [0.29, 0.717) is 11.5 Å². The van der Waals surface area contributed by atoms with Gasteiger partial charge >= 0.3 is 0 Å². The van der Waals surface area contributed by atoms with Crippen molar-refractivity contribution >= 4 is 0 Å². The predicted molar refractivity (Wildman–Crippen MR) is 77.0 cm³/mol. The molecule has 2 fully saturated rings. The van der Waals surface area contributed by atoms with E-state index in [1.165, 1.54) is 44.7 Å². The van der Waals surface area contributed by atoms with Gasteiger partial charge in [0.05, 0.1) is 12.2 Å². The standard InChI is InChI=1S/C16H24FN3/c17-15-10-19-8-7-14(15)16(20-18)13-6-5-11-3-1-2-4-12(11)9-13/h7-8,10-13,16,20H,1-6,9,18H2. The highest BCUT2D eigenvalue weighted by Gasteiger charge is 2.36. The Bertz CT molecular complexity index is 451. The van der Waals surface area contributed by atoms with Gasteiger partial charge in [-0.05, 0) is 43.1 Å². The van der Waals surface area contributed by atoms with E-state index in [1.807, 2.05) is 0 Å². The van der Waals surface area contributed by atoms with E-state index in [9.17, 15) is 4.39 Å². The maximum absolute atomic E-state index is 14.0. The molecule has 2 aliphatic carbocycles. The van der Waals surface area contributed by atoms with Gasteiger partial charge in [0.15, 0.2) is 0 Å². The molecule has 1 aromatic rings. The van der Waals surface area contributed by atoms with E-state index in [1.54, 1.807) is 12.3 Å². The number of nitrogens with zero attached hydrogens (tertiary/aromatic N) is 1. The van der Waals surface area contributed by atoms with Crippen LogP contribution in [0.1, 0.15) is 56.6 Å². The minimum Gasteiger partial charge on any atom is -0.271 e. The molecule has 0 spiro atoms. The summed E-state index contributed by atoms with van der Waals surface area (Å²) in [6.45, 7) is 0. The second-order valence-electron chi connectivity index (χ2n) is 6.42. The smallest absolute Gasteiger partial charge is 0.146 e. The van der Waals surface area contributed by atoms with Crippen molar-refractivity contribution in [3.8, 4) is 0 Å². The van der Waals surface area contributed by atoms with Crippen LogP contribution in [0.2, 0.25) is 0 Å². The molecule has 4 atom stereocenters. The van der Waals surface area contributed by atoms with Crippen molar-refractivity contribution in [2.45, 2.75) is 51.0 Å². The van der Waals surface area contributed by atoms with Gasteiger partial charge in [0.25, 0.3) is 0 Å². The summed E-state index contributed by atoms with van der Waals surface area (Å²) < 4.78 is 14.0. The Kier molecular flexibility index (Phi) is 4.32. The van der Waals surface area contributed by atoms with Crippen LogP contribution in [-0.4, -0.2) is 4.98 Å². The van der Waals surface area contributed by atoms with Crippen molar-refractivity contribution in [3.05, 3.63) is 29.8 Å². The minimum absolute atomic E-state index is 0.0825. The third kappa shape index (κ3) is 2.72. The molecule has 2 aliphatic rings. The van der Waals surface area contributed by atoms with Gasteiger partial charge in [-0.25, -0.2) is 4.39 Å². The highest BCUT2D eigenvalue weighted by atomic mass is 19.1. The van der Waals surface area contributed by atoms with Gasteiger partial charge in [-0.3, -0.25) is 16.3 Å². The van der Waals surface area contributed by atoms with E-state index in [-0.39, 0.29) is 11.9 Å². The summed E-state index contributed by atoms with van der Waals surface area (Å²) in [4.78, 5) is 3.83. The largest absolute Gasteiger partial charge is 0.271 e. The Hall–Kier alpha value is -1.00. The second kappa shape index (κ2) is 6.19. The monoisotopic (exact) mass is 277 g/mol. The second-order valence-corrected chi connectivity index (χ2v) is 6.42. The Morgan fingerprint density at radius 2 is 2.00 bits per heavy atom. The molecule has 0 amide bonds. The fourth-order valence-corrected chi connectivity index (χ4v) is 4.33. The summed E-state index contributed by atoms with van der Waals surface area (Å²) in [5.41, 5.74) is 3.52. The quantitative estimate of drug-likeness (QED) is 0.658. The van der Waals surface area contributed by atoms with Crippen molar-refractivity contribution in [3.63, 3.8) is 0 Å². The molecule has 1 heterocycles. The number of pyridine rings is 1. The number of fused-ring (bicyclic) bond motifs is 1. The SMILES string of the molecule is NNC(c1ccncc1F)C1CCC2CCCCC2C1. The van der Waals surface area contributed by atoms with Gasteiger partial charge in [-0.2, -0.15) is 0 Å². The van der Waals surface area contributed by atoms with Gasteiger partial charge in [-0.1, -0.05) is 25.7 Å². The summed E-state index contributed by atoms with van der Waals surface area (Å²) >= 11 is 0. The highest BCUT2D eigenvalue weighted by Crippen LogP contribution is 2.46. The summed E-state index contributed by atoms with van der Waals surface area (Å²) in [6.07, 6.45) is 12.0. The zero-order valence-corrected chi connectivity index (χ0v) is 11.9. The first-order valence-corrected chi connectivity index (χ1v) is 7.85. The van der Waals surface area contributed by atoms with Crippen LogP contribution in [0.5, 0.6) is 0 Å². The number of nitrogens with two attached hydrogens (primary N) is 1. The number of hydrazine groups is 1. The Labute approximate surface area is 120 Å². The van der Waals surface area contributed by atoms with Crippen LogP contribution in [0.15, 0.2) is 18.5 Å². The minimum atomic E-state index is -0.249. The van der Waals surface area contributed by atoms with Crippen molar-refractivity contribution in [1.29, 1.82) is 0 Å². The zero-order chi connectivity index (χ0) is 13.9. The maximum Gasteiger partial charge on any atom is 0.146 e. The lowest BCUT2D eigenvalue weighted by atomic mass is 9.65. The van der Waals surface area contributed by atoms with Crippen LogP contribution in [0.25, 0.3) is 0 Å². The van der Waals surface area contributed by atoms with Crippen LogP contribution in [0.4, 0.5) is 4.39 Å². The van der Waals surface area contributed by atoms with Crippen molar-refractivity contribution in [2.24, 2.45) is 23.6 Å². The lowest BCUT2D eigenvalue weighted by molar-refractivity contribution is 0.108. The Morgan fingerprint density at radius 1 is 1.20 bits per heavy atom. The number of rotatable bonds is 3. The highest BCUT2D eigenvalue weighted by molar-refractivity contribution is 5.18. The van der Waals surface area contributed by atoms with Crippen molar-refractivity contribution in [2.75, 3.05) is 0 Å². The molecule has 3 N–H and O–H groups in total. The fraction of sp³-hybridized carbons (Fsp3) is 0.688. The summed E-state index contributed by atoms with van der Waals surface area (Å²) in [6, 6.07) is 1.67. The third-order valence-electron chi connectivity index (χ3n) is 5.37. The number of nitrogens with one attached hydrogen (secondary N) is 1. The molecule has 4 unspecified atom stereocenters. The number of hydrogen-bond donors (Lipinski definition) is 2. The van der Waals surface area contributed by atoms with E-state index < -0.39 is 0 Å². The predicted octanol–water partition coefficient (Wildman–Crippen LogP) is 3.33. The summed E-state index contributed by atoms with van der Waals surface area (Å²) in [5, 5.41) is 0. The molecule has 0 saturated heterocycles. The topological polar surface area (TPSA) is 50.9 Å². The molecule has 110 valence electrons. The van der Waals surface area contributed by atoms with E-state index in [4.69, 9.17) is 5.84 Å². The molecule has 0 aromatic carbocycles. The van der Waals surface area contributed by atoms with Crippen LogP contribution >= 0.6 is 0 Å².